The van der Waals surface area contributed by atoms with Crippen molar-refractivity contribution in [1.29, 1.82) is 0 Å². The topological polar surface area (TPSA) is 101 Å². The van der Waals surface area contributed by atoms with Crippen LogP contribution < -0.4 is 15.8 Å². The molecule has 0 aromatic heterocycles. The van der Waals surface area contributed by atoms with Crippen LogP contribution in [-0.4, -0.2) is 20.4 Å². The van der Waals surface area contributed by atoms with Gasteiger partial charge in [-0.05, 0) is 55.2 Å². The van der Waals surface area contributed by atoms with Crippen molar-refractivity contribution in [1.82, 2.24) is 0 Å². The molecule has 138 valence electrons. The molecule has 4 N–H and O–H groups in total. The van der Waals surface area contributed by atoms with Crippen LogP contribution in [0.4, 0.5) is 11.4 Å². The maximum atomic E-state index is 12.4. The summed E-state index contributed by atoms with van der Waals surface area (Å²) in [7, 11) is -3.66. The second kappa shape index (κ2) is 7.88. The van der Waals surface area contributed by atoms with Gasteiger partial charge in [-0.15, -0.1) is 0 Å². The minimum absolute atomic E-state index is 0.0923. The van der Waals surface area contributed by atoms with Gasteiger partial charge < -0.3 is 11.1 Å². The first-order valence-corrected chi connectivity index (χ1v) is 10.2. The van der Waals surface area contributed by atoms with E-state index in [1.165, 1.54) is 12.1 Å². The van der Waals surface area contributed by atoms with Gasteiger partial charge in [0.2, 0.25) is 5.91 Å². The molecule has 1 saturated carbocycles. The second-order valence-electron chi connectivity index (χ2n) is 6.60. The Morgan fingerprint density at radius 2 is 1.69 bits per heavy atom. The monoisotopic (exact) mass is 373 g/mol. The van der Waals surface area contributed by atoms with Crippen LogP contribution in [0.3, 0.4) is 0 Å². The average molecular weight is 373 g/mol. The number of para-hydroxylation sites is 1. The van der Waals surface area contributed by atoms with E-state index in [4.69, 9.17) is 5.73 Å². The molecule has 3 rings (SSSR count). The van der Waals surface area contributed by atoms with Crippen LogP contribution in [-0.2, 0) is 14.8 Å². The fourth-order valence-corrected chi connectivity index (χ4v) is 4.27. The van der Waals surface area contributed by atoms with Crippen molar-refractivity contribution < 1.29 is 13.2 Å². The van der Waals surface area contributed by atoms with E-state index in [1.807, 2.05) is 6.07 Å². The molecule has 1 amide bonds. The number of anilines is 2. The number of sulfonamides is 1. The van der Waals surface area contributed by atoms with Crippen LogP contribution in [0.15, 0.2) is 59.5 Å². The van der Waals surface area contributed by atoms with Gasteiger partial charge in [0.15, 0.2) is 0 Å². The molecule has 2 aromatic carbocycles. The highest BCUT2D eigenvalue weighted by Crippen LogP contribution is 2.27. The molecule has 1 aliphatic rings. The van der Waals surface area contributed by atoms with E-state index in [0.29, 0.717) is 17.8 Å². The maximum absolute atomic E-state index is 12.4. The molecular weight excluding hydrogens is 350 g/mol. The van der Waals surface area contributed by atoms with Crippen molar-refractivity contribution in [2.45, 2.75) is 36.6 Å². The number of carbonyl (C=O) groups is 1. The molecule has 0 unspecified atom stereocenters. The van der Waals surface area contributed by atoms with E-state index in [-0.39, 0.29) is 22.8 Å². The highest BCUT2D eigenvalue weighted by Gasteiger charge is 2.26. The van der Waals surface area contributed by atoms with Gasteiger partial charge in [0.05, 0.1) is 4.90 Å². The van der Waals surface area contributed by atoms with E-state index in [2.05, 4.69) is 10.0 Å². The summed E-state index contributed by atoms with van der Waals surface area (Å²) in [4.78, 5) is 12.3. The number of nitrogens with two attached hydrogens (primary N) is 1. The summed E-state index contributed by atoms with van der Waals surface area (Å²) in [5, 5.41) is 2.81. The number of rotatable bonds is 6. The third kappa shape index (κ3) is 4.62. The van der Waals surface area contributed by atoms with Crippen molar-refractivity contribution in [3.8, 4) is 0 Å². The first kappa shape index (κ1) is 18.4. The van der Waals surface area contributed by atoms with E-state index < -0.39 is 10.0 Å². The lowest BCUT2D eigenvalue weighted by molar-refractivity contribution is -0.117. The predicted molar refractivity (Wildman–Crippen MR) is 102 cm³/mol. The molecule has 26 heavy (non-hydrogen) atoms. The summed E-state index contributed by atoms with van der Waals surface area (Å²) in [6, 6.07) is 14.9. The Labute approximate surface area is 153 Å². The zero-order chi connectivity index (χ0) is 18.6. The van der Waals surface area contributed by atoms with Crippen LogP contribution in [0.1, 0.15) is 25.7 Å². The Kier molecular flexibility index (Phi) is 5.58. The van der Waals surface area contributed by atoms with Crippen molar-refractivity contribution in [3.63, 3.8) is 0 Å². The lowest BCUT2D eigenvalue weighted by Crippen LogP contribution is -2.28. The standard InChI is InChI=1S/C19H23N3O3S/c20-18-8-4-5-14(18)13-19(23)21-15-9-11-17(12-10-15)26(24,25)22-16-6-2-1-3-7-16/h1-3,6-7,9-12,14,18,22H,4-5,8,13,20H2,(H,21,23)/t14-,18+/m0/s1. The molecule has 2 atom stereocenters. The normalized spacial score (nSPS) is 19.9. The van der Waals surface area contributed by atoms with Gasteiger partial charge in [0.25, 0.3) is 10.0 Å². The highest BCUT2D eigenvalue weighted by atomic mass is 32.2. The van der Waals surface area contributed by atoms with Crippen molar-refractivity contribution in [2.24, 2.45) is 11.7 Å². The zero-order valence-corrected chi connectivity index (χ0v) is 15.2. The average Bonchev–Trinajstić information content (AvgIpc) is 3.00. The Balaban J connectivity index is 1.61. The molecule has 1 aliphatic carbocycles. The SMILES string of the molecule is N[C@@H]1CCC[C@H]1CC(=O)Nc1ccc(S(=O)(=O)Nc2ccccc2)cc1. The first-order chi connectivity index (χ1) is 12.4. The van der Waals surface area contributed by atoms with E-state index in [9.17, 15) is 13.2 Å². The summed E-state index contributed by atoms with van der Waals surface area (Å²) in [6.07, 6.45) is 3.42. The summed E-state index contributed by atoms with van der Waals surface area (Å²) in [6.45, 7) is 0. The van der Waals surface area contributed by atoms with Crippen LogP contribution >= 0.6 is 0 Å². The molecule has 1 fully saturated rings. The third-order valence-corrected chi connectivity index (χ3v) is 6.04. The number of nitrogens with one attached hydrogen (secondary N) is 2. The molecule has 0 heterocycles. The Morgan fingerprint density at radius 1 is 1.00 bits per heavy atom. The van der Waals surface area contributed by atoms with Gasteiger partial charge in [-0.25, -0.2) is 8.42 Å². The number of benzene rings is 2. The van der Waals surface area contributed by atoms with Crippen LogP contribution in [0, 0.1) is 5.92 Å². The highest BCUT2D eigenvalue weighted by molar-refractivity contribution is 7.92. The Bertz CT molecular complexity index is 851. The summed E-state index contributed by atoms with van der Waals surface area (Å²) in [5.74, 6) is 0.134. The molecule has 0 saturated heterocycles. The van der Waals surface area contributed by atoms with Gasteiger partial charge >= 0.3 is 0 Å². The Hall–Kier alpha value is -2.38. The van der Waals surface area contributed by atoms with Gasteiger partial charge in [-0.2, -0.15) is 0 Å². The molecule has 0 aliphatic heterocycles. The maximum Gasteiger partial charge on any atom is 0.261 e. The first-order valence-electron chi connectivity index (χ1n) is 8.67. The lowest BCUT2D eigenvalue weighted by atomic mass is 10.00. The number of carbonyl (C=O) groups excluding carboxylic acids is 1. The summed E-state index contributed by atoms with van der Waals surface area (Å²) < 4.78 is 27.3. The minimum atomic E-state index is -3.66. The van der Waals surface area contributed by atoms with Crippen LogP contribution in [0.25, 0.3) is 0 Å². The lowest BCUT2D eigenvalue weighted by Gasteiger charge is -2.15. The van der Waals surface area contributed by atoms with Crippen molar-refractivity contribution in [2.75, 3.05) is 10.0 Å². The van der Waals surface area contributed by atoms with E-state index >= 15 is 0 Å². The van der Waals surface area contributed by atoms with Gasteiger partial charge in [0, 0.05) is 23.8 Å². The van der Waals surface area contributed by atoms with Gasteiger partial charge in [0.1, 0.15) is 0 Å². The molecule has 0 spiro atoms. The van der Waals surface area contributed by atoms with E-state index in [0.717, 1.165) is 19.3 Å². The smallest absolute Gasteiger partial charge is 0.261 e. The molecule has 7 heteroatoms. The number of hydrogen-bond donors (Lipinski definition) is 3. The van der Waals surface area contributed by atoms with Crippen molar-refractivity contribution in [3.05, 3.63) is 54.6 Å². The fourth-order valence-electron chi connectivity index (χ4n) is 3.21. The summed E-state index contributed by atoms with van der Waals surface area (Å²) in [5.41, 5.74) is 7.07. The van der Waals surface area contributed by atoms with Crippen LogP contribution in [0.5, 0.6) is 0 Å². The predicted octanol–water partition coefficient (Wildman–Crippen LogP) is 2.94. The number of hydrogen-bond acceptors (Lipinski definition) is 4. The third-order valence-electron chi connectivity index (χ3n) is 4.64. The minimum Gasteiger partial charge on any atom is -0.327 e. The largest absolute Gasteiger partial charge is 0.327 e. The quantitative estimate of drug-likeness (QED) is 0.724. The molecule has 0 bridgehead atoms. The molecular formula is C19H23N3O3S. The number of amides is 1. The zero-order valence-electron chi connectivity index (χ0n) is 14.4. The fraction of sp³-hybridized carbons (Fsp3) is 0.316. The Morgan fingerprint density at radius 3 is 2.31 bits per heavy atom. The summed E-state index contributed by atoms with van der Waals surface area (Å²) >= 11 is 0. The molecule has 2 aromatic rings. The van der Waals surface area contributed by atoms with Gasteiger partial charge in [-0.1, -0.05) is 24.6 Å². The molecule has 6 nitrogen and oxygen atoms in total. The second-order valence-corrected chi connectivity index (χ2v) is 8.29. The van der Waals surface area contributed by atoms with Crippen molar-refractivity contribution >= 4 is 27.3 Å². The van der Waals surface area contributed by atoms with Gasteiger partial charge in [-0.3, -0.25) is 9.52 Å². The van der Waals surface area contributed by atoms with Crippen LogP contribution in [0.2, 0.25) is 0 Å². The molecule has 0 radical (unpaired) electrons. The van der Waals surface area contributed by atoms with E-state index in [1.54, 1.807) is 36.4 Å².